The van der Waals surface area contributed by atoms with Gasteiger partial charge in [0, 0.05) is 23.6 Å². The number of thiophene rings is 1. The van der Waals surface area contributed by atoms with E-state index in [-0.39, 0.29) is 0 Å². The van der Waals surface area contributed by atoms with E-state index in [4.69, 9.17) is 16.1 Å². The molecule has 0 unspecified atom stereocenters. The lowest BCUT2D eigenvalue weighted by Gasteiger charge is -1.93. The molecular weight excluding hydrogens is 232 g/mol. The monoisotopic (exact) mass is 242 g/mol. The van der Waals surface area contributed by atoms with Crippen LogP contribution >= 0.6 is 22.9 Å². The van der Waals surface area contributed by atoms with Gasteiger partial charge in [0.1, 0.15) is 0 Å². The van der Waals surface area contributed by atoms with Gasteiger partial charge in [-0.3, -0.25) is 0 Å². The molecule has 3 nitrogen and oxygen atoms in total. The van der Waals surface area contributed by atoms with E-state index in [1.165, 1.54) is 11.3 Å². The maximum absolute atomic E-state index is 5.84. The van der Waals surface area contributed by atoms with Crippen LogP contribution in [-0.4, -0.2) is 11.7 Å². The van der Waals surface area contributed by atoms with Crippen LogP contribution in [0.2, 0.25) is 4.34 Å². The molecule has 2 rings (SSSR count). The number of rotatable bonds is 4. The van der Waals surface area contributed by atoms with Crippen molar-refractivity contribution in [2.24, 2.45) is 0 Å². The van der Waals surface area contributed by atoms with E-state index in [0.29, 0.717) is 0 Å². The second-order valence-corrected chi connectivity index (χ2v) is 4.64. The van der Waals surface area contributed by atoms with Crippen LogP contribution in [0.5, 0.6) is 0 Å². The van der Waals surface area contributed by atoms with Crippen molar-refractivity contribution >= 4 is 22.9 Å². The predicted molar refractivity (Wildman–Crippen MR) is 62.2 cm³/mol. The second-order valence-electron chi connectivity index (χ2n) is 3.10. The minimum atomic E-state index is 0.734. The topological polar surface area (TPSA) is 38.1 Å². The van der Waals surface area contributed by atoms with Crippen molar-refractivity contribution in [3.8, 4) is 11.3 Å². The second kappa shape index (κ2) is 4.79. The quantitative estimate of drug-likeness (QED) is 0.895. The van der Waals surface area contributed by atoms with Crippen molar-refractivity contribution in [1.82, 2.24) is 10.5 Å². The first-order valence-electron chi connectivity index (χ1n) is 4.70. The first-order valence-corrected chi connectivity index (χ1v) is 5.96. The fourth-order valence-corrected chi connectivity index (χ4v) is 2.09. The molecule has 2 aromatic heterocycles. The Morgan fingerprint density at radius 3 is 3.07 bits per heavy atom. The van der Waals surface area contributed by atoms with Gasteiger partial charge in [-0.05, 0) is 12.6 Å². The van der Waals surface area contributed by atoms with E-state index < -0.39 is 0 Å². The van der Waals surface area contributed by atoms with Crippen molar-refractivity contribution in [1.29, 1.82) is 0 Å². The van der Waals surface area contributed by atoms with Gasteiger partial charge in [0.25, 0.3) is 0 Å². The summed E-state index contributed by atoms with van der Waals surface area (Å²) in [5.41, 5.74) is 1.90. The highest BCUT2D eigenvalue weighted by atomic mass is 35.5. The van der Waals surface area contributed by atoms with Gasteiger partial charge < -0.3 is 9.84 Å². The van der Waals surface area contributed by atoms with Gasteiger partial charge >= 0.3 is 0 Å². The van der Waals surface area contributed by atoms with Crippen LogP contribution in [0.1, 0.15) is 12.6 Å². The van der Waals surface area contributed by atoms with Gasteiger partial charge in [0.2, 0.25) is 0 Å². The van der Waals surface area contributed by atoms with Crippen molar-refractivity contribution in [2.45, 2.75) is 13.5 Å². The predicted octanol–water partition coefficient (Wildman–Crippen LogP) is 3.17. The smallest absolute Gasteiger partial charge is 0.168 e. The average Bonchev–Trinajstić information content (AvgIpc) is 2.83. The van der Waals surface area contributed by atoms with Gasteiger partial charge in [-0.25, -0.2) is 0 Å². The van der Waals surface area contributed by atoms with E-state index in [0.717, 1.165) is 34.4 Å². The standard InChI is InChI=1S/C10H11ClN2OS/c1-2-12-5-8-4-9(14-13-8)7-3-10(11)15-6-7/h3-4,6,12H,2,5H2,1H3. The van der Waals surface area contributed by atoms with Crippen LogP contribution in [0.25, 0.3) is 11.3 Å². The van der Waals surface area contributed by atoms with Crippen LogP contribution in [0, 0.1) is 0 Å². The zero-order valence-electron chi connectivity index (χ0n) is 8.29. The Balaban J connectivity index is 2.13. The Bertz CT molecular complexity index is 438. The highest BCUT2D eigenvalue weighted by Crippen LogP contribution is 2.28. The fourth-order valence-electron chi connectivity index (χ4n) is 1.22. The number of hydrogen-bond acceptors (Lipinski definition) is 4. The minimum absolute atomic E-state index is 0.734. The van der Waals surface area contributed by atoms with E-state index >= 15 is 0 Å². The summed E-state index contributed by atoms with van der Waals surface area (Å²) in [6.45, 7) is 3.71. The Kier molecular flexibility index (Phi) is 3.41. The van der Waals surface area contributed by atoms with Crippen LogP contribution in [-0.2, 0) is 6.54 Å². The number of hydrogen-bond donors (Lipinski definition) is 1. The summed E-state index contributed by atoms with van der Waals surface area (Å²) in [5, 5.41) is 9.11. The van der Waals surface area contributed by atoms with Crippen molar-refractivity contribution < 1.29 is 4.52 Å². The molecule has 0 spiro atoms. The van der Waals surface area contributed by atoms with Crippen molar-refractivity contribution in [2.75, 3.05) is 6.54 Å². The number of nitrogens with one attached hydrogen (secondary N) is 1. The third-order valence-electron chi connectivity index (χ3n) is 1.97. The summed E-state index contributed by atoms with van der Waals surface area (Å²) in [6, 6.07) is 3.81. The van der Waals surface area contributed by atoms with E-state index in [1.54, 1.807) is 0 Å². The minimum Gasteiger partial charge on any atom is -0.356 e. The van der Waals surface area contributed by atoms with E-state index in [2.05, 4.69) is 17.4 Å². The molecule has 0 aliphatic carbocycles. The summed E-state index contributed by atoms with van der Waals surface area (Å²) in [4.78, 5) is 0. The normalized spacial score (nSPS) is 10.8. The van der Waals surface area contributed by atoms with Gasteiger partial charge in [-0.15, -0.1) is 11.3 Å². The van der Waals surface area contributed by atoms with Gasteiger partial charge in [0.15, 0.2) is 5.76 Å². The lowest BCUT2D eigenvalue weighted by atomic mass is 10.2. The fraction of sp³-hybridized carbons (Fsp3) is 0.300. The maximum Gasteiger partial charge on any atom is 0.168 e. The molecule has 0 atom stereocenters. The lowest BCUT2D eigenvalue weighted by Crippen LogP contribution is -2.11. The maximum atomic E-state index is 5.84. The molecule has 0 amide bonds. The molecule has 15 heavy (non-hydrogen) atoms. The highest BCUT2D eigenvalue weighted by molar-refractivity contribution is 7.14. The third-order valence-corrected chi connectivity index (χ3v) is 3.06. The molecule has 0 bridgehead atoms. The zero-order valence-corrected chi connectivity index (χ0v) is 9.86. The molecule has 2 aromatic rings. The largest absolute Gasteiger partial charge is 0.356 e. The van der Waals surface area contributed by atoms with Gasteiger partial charge in [0.05, 0.1) is 10.0 Å². The first-order chi connectivity index (χ1) is 7.29. The molecule has 1 N–H and O–H groups in total. The van der Waals surface area contributed by atoms with Crippen LogP contribution in [0.3, 0.4) is 0 Å². The summed E-state index contributed by atoms with van der Waals surface area (Å²) in [7, 11) is 0. The van der Waals surface area contributed by atoms with Crippen molar-refractivity contribution in [3.63, 3.8) is 0 Å². The molecule has 2 heterocycles. The first kappa shape index (κ1) is 10.7. The molecular formula is C10H11ClN2OS. The van der Waals surface area contributed by atoms with Crippen LogP contribution in [0.15, 0.2) is 22.0 Å². The number of halogens is 1. The SMILES string of the molecule is CCNCc1cc(-c2csc(Cl)c2)on1. The third kappa shape index (κ3) is 2.59. The Labute approximate surface area is 97.0 Å². The summed E-state index contributed by atoms with van der Waals surface area (Å²) < 4.78 is 5.98. The highest BCUT2D eigenvalue weighted by Gasteiger charge is 2.07. The molecule has 80 valence electrons. The molecule has 0 fully saturated rings. The molecule has 0 saturated carbocycles. The molecule has 0 aliphatic heterocycles. The molecule has 0 saturated heterocycles. The number of aromatic nitrogens is 1. The van der Waals surface area contributed by atoms with Crippen LogP contribution in [0.4, 0.5) is 0 Å². The average molecular weight is 243 g/mol. The zero-order chi connectivity index (χ0) is 10.7. The summed E-state index contributed by atoms with van der Waals surface area (Å²) in [5.74, 6) is 0.769. The van der Waals surface area contributed by atoms with Crippen molar-refractivity contribution in [3.05, 3.63) is 27.5 Å². The number of nitrogens with zero attached hydrogens (tertiary/aromatic N) is 1. The van der Waals surface area contributed by atoms with Crippen LogP contribution < -0.4 is 5.32 Å². The Morgan fingerprint density at radius 1 is 1.53 bits per heavy atom. The Hall–Kier alpha value is -0.840. The van der Waals surface area contributed by atoms with Gasteiger partial charge in [-0.2, -0.15) is 0 Å². The van der Waals surface area contributed by atoms with Gasteiger partial charge in [-0.1, -0.05) is 23.7 Å². The van der Waals surface area contributed by atoms with E-state index in [1.807, 2.05) is 17.5 Å². The van der Waals surface area contributed by atoms with E-state index in [9.17, 15) is 0 Å². The Morgan fingerprint density at radius 2 is 2.40 bits per heavy atom. The molecule has 0 aromatic carbocycles. The summed E-state index contributed by atoms with van der Waals surface area (Å²) >= 11 is 7.33. The lowest BCUT2D eigenvalue weighted by molar-refractivity contribution is 0.420. The molecule has 0 aliphatic rings. The summed E-state index contributed by atoms with van der Waals surface area (Å²) in [6.07, 6.45) is 0. The molecule has 0 radical (unpaired) electrons. The molecule has 5 heteroatoms.